The monoisotopic (exact) mass is 332 g/mol. The topological polar surface area (TPSA) is 95.5 Å². The lowest BCUT2D eigenvalue weighted by Gasteiger charge is -2.10. The number of carboxylic acids is 1. The summed E-state index contributed by atoms with van der Waals surface area (Å²) in [5, 5.41) is 14.1. The fraction of sp³-hybridized carbons (Fsp3) is 0.500. The number of nitrogens with one attached hydrogen (secondary N) is 2. The Labute approximate surface area is 141 Å². The van der Waals surface area contributed by atoms with Crippen molar-refractivity contribution in [2.75, 3.05) is 5.32 Å². The second-order valence-electron chi connectivity index (χ2n) is 7.48. The molecule has 2 rings (SSSR count). The summed E-state index contributed by atoms with van der Waals surface area (Å²) in [6.07, 6.45) is 0. The first-order valence-corrected chi connectivity index (χ1v) is 7.93. The van der Waals surface area contributed by atoms with Crippen LogP contribution in [0.3, 0.4) is 0 Å². The summed E-state index contributed by atoms with van der Waals surface area (Å²) >= 11 is 0. The first kappa shape index (κ1) is 18.0. The predicted octanol–water partition coefficient (Wildman–Crippen LogP) is 2.51. The summed E-state index contributed by atoms with van der Waals surface area (Å²) in [6.45, 7) is 9.71. The Morgan fingerprint density at radius 1 is 1.04 bits per heavy atom. The Morgan fingerprint density at radius 2 is 1.54 bits per heavy atom. The second kappa shape index (κ2) is 5.92. The van der Waals surface area contributed by atoms with Crippen molar-refractivity contribution in [3.8, 4) is 0 Å². The SMILES string of the molecule is CC(NC(=O)c1ccc(NC(=O)C2C(C)(C)C2(C)C)cc1)C(=O)O. The molecule has 0 radical (unpaired) electrons. The third kappa shape index (κ3) is 3.13. The number of hydrogen-bond acceptors (Lipinski definition) is 3. The van der Waals surface area contributed by atoms with E-state index in [0.29, 0.717) is 11.3 Å². The quantitative estimate of drug-likeness (QED) is 0.772. The second-order valence-corrected chi connectivity index (χ2v) is 7.48. The Bertz CT molecular complexity index is 663. The molecule has 1 aromatic carbocycles. The van der Waals surface area contributed by atoms with Crippen LogP contribution in [0.4, 0.5) is 5.69 Å². The van der Waals surface area contributed by atoms with Gasteiger partial charge < -0.3 is 15.7 Å². The molecule has 0 heterocycles. The number of benzene rings is 1. The Kier molecular flexibility index (Phi) is 4.44. The molecule has 0 bridgehead atoms. The zero-order valence-electron chi connectivity index (χ0n) is 14.6. The molecule has 1 unspecified atom stereocenters. The molecular weight excluding hydrogens is 308 g/mol. The van der Waals surface area contributed by atoms with Gasteiger partial charge in [-0.25, -0.2) is 0 Å². The van der Waals surface area contributed by atoms with Crippen molar-refractivity contribution in [2.45, 2.75) is 40.7 Å². The highest BCUT2D eigenvalue weighted by Gasteiger charge is 2.68. The minimum atomic E-state index is -1.10. The van der Waals surface area contributed by atoms with Gasteiger partial charge in [0.1, 0.15) is 6.04 Å². The maximum absolute atomic E-state index is 12.4. The number of carboxylic acid groups (broad SMARTS) is 1. The van der Waals surface area contributed by atoms with Gasteiger partial charge in [0.05, 0.1) is 0 Å². The highest BCUT2D eigenvalue weighted by Crippen LogP contribution is 2.68. The van der Waals surface area contributed by atoms with Crippen LogP contribution in [-0.2, 0) is 9.59 Å². The molecule has 130 valence electrons. The summed E-state index contributed by atoms with van der Waals surface area (Å²) in [5.41, 5.74) is 0.878. The first-order valence-electron chi connectivity index (χ1n) is 7.93. The van der Waals surface area contributed by atoms with Gasteiger partial charge in [0.15, 0.2) is 0 Å². The predicted molar refractivity (Wildman–Crippen MR) is 90.7 cm³/mol. The fourth-order valence-electron chi connectivity index (χ4n) is 3.11. The highest BCUT2D eigenvalue weighted by molar-refractivity contribution is 5.98. The van der Waals surface area contributed by atoms with E-state index in [1.165, 1.54) is 6.92 Å². The minimum absolute atomic E-state index is 0.0262. The zero-order valence-corrected chi connectivity index (χ0v) is 14.6. The lowest BCUT2D eigenvalue weighted by molar-refractivity contribution is -0.138. The number of carbonyl (C=O) groups excluding carboxylic acids is 2. The average Bonchev–Trinajstić information content (AvgIpc) is 2.89. The molecule has 0 aromatic heterocycles. The molecule has 6 nitrogen and oxygen atoms in total. The number of aliphatic carboxylic acids is 1. The molecule has 1 aliphatic carbocycles. The van der Waals surface area contributed by atoms with Crippen molar-refractivity contribution in [1.82, 2.24) is 5.32 Å². The molecular formula is C18H24N2O4. The van der Waals surface area contributed by atoms with Crippen molar-refractivity contribution in [3.05, 3.63) is 29.8 Å². The molecule has 1 fully saturated rings. The van der Waals surface area contributed by atoms with E-state index in [1.54, 1.807) is 24.3 Å². The van der Waals surface area contributed by atoms with Gasteiger partial charge in [0.2, 0.25) is 5.91 Å². The van der Waals surface area contributed by atoms with Crippen molar-refractivity contribution in [1.29, 1.82) is 0 Å². The van der Waals surface area contributed by atoms with E-state index in [4.69, 9.17) is 5.11 Å². The van der Waals surface area contributed by atoms with Gasteiger partial charge in [-0.15, -0.1) is 0 Å². The summed E-state index contributed by atoms with van der Waals surface area (Å²) in [6, 6.07) is 5.43. The standard InChI is InChI=1S/C18H24N2O4/c1-10(16(23)24)19-14(21)11-6-8-12(9-7-11)20-15(22)13-17(2,3)18(13,4)5/h6-10,13H,1-5H3,(H,19,21)(H,20,22)(H,23,24). The highest BCUT2D eigenvalue weighted by atomic mass is 16.4. The van der Waals surface area contributed by atoms with Crippen LogP contribution in [-0.4, -0.2) is 28.9 Å². The summed E-state index contributed by atoms with van der Waals surface area (Å²) < 4.78 is 0. The molecule has 1 saturated carbocycles. The molecule has 1 atom stereocenters. The molecule has 1 aliphatic rings. The van der Waals surface area contributed by atoms with Crippen LogP contribution in [0, 0.1) is 16.7 Å². The number of anilines is 1. The van der Waals surface area contributed by atoms with Gasteiger partial charge in [-0.2, -0.15) is 0 Å². The Balaban J connectivity index is 1.99. The van der Waals surface area contributed by atoms with Crippen molar-refractivity contribution in [2.24, 2.45) is 16.7 Å². The fourth-order valence-corrected chi connectivity index (χ4v) is 3.11. The molecule has 6 heteroatoms. The van der Waals surface area contributed by atoms with Crippen LogP contribution in [0.25, 0.3) is 0 Å². The lowest BCUT2D eigenvalue weighted by atomic mass is 10.0. The lowest BCUT2D eigenvalue weighted by Crippen LogP contribution is -2.38. The molecule has 0 saturated heterocycles. The van der Waals surface area contributed by atoms with E-state index < -0.39 is 17.9 Å². The average molecular weight is 332 g/mol. The van der Waals surface area contributed by atoms with E-state index in [9.17, 15) is 14.4 Å². The van der Waals surface area contributed by atoms with Crippen LogP contribution in [0.5, 0.6) is 0 Å². The molecule has 1 aromatic rings. The van der Waals surface area contributed by atoms with Crippen molar-refractivity contribution < 1.29 is 19.5 Å². The number of amides is 2. The molecule has 24 heavy (non-hydrogen) atoms. The van der Waals surface area contributed by atoms with Crippen LogP contribution in [0.15, 0.2) is 24.3 Å². The van der Waals surface area contributed by atoms with Gasteiger partial charge >= 0.3 is 5.97 Å². The van der Waals surface area contributed by atoms with Gasteiger partial charge in [-0.05, 0) is 42.0 Å². The summed E-state index contributed by atoms with van der Waals surface area (Å²) in [5.74, 6) is -1.64. The number of hydrogen-bond donors (Lipinski definition) is 3. The van der Waals surface area contributed by atoms with E-state index >= 15 is 0 Å². The molecule has 2 amide bonds. The van der Waals surface area contributed by atoms with Crippen molar-refractivity contribution >= 4 is 23.5 Å². The van der Waals surface area contributed by atoms with E-state index in [0.717, 1.165) is 0 Å². The third-order valence-corrected chi connectivity index (χ3v) is 5.42. The Hall–Kier alpha value is -2.37. The Morgan fingerprint density at radius 3 is 1.96 bits per heavy atom. The number of rotatable bonds is 5. The molecule has 0 spiro atoms. The first-order chi connectivity index (χ1) is 11.0. The largest absolute Gasteiger partial charge is 0.480 e. The third-order valence-electron chi connectivity index (χ3n) is 5.42. The smallest absolute Gasteiger partial charge is 0.325 e. The molecule has 3 N–H and O–H groups in total. The van der Waals surface area contributed by atoms with Gasteiger partial charge in [0.25, 0.3) is 5.91 Å². The summed E-state index contributed by atoms with van der Waals surface area (Å²) in [7, 11) is 0. The van der Waals surface area contributed by atoms with Gasteiger partial charge in [-0.3, -0.25) is 14.4 Å². The zero-order chi connectivity index (χ0) is 18.3. The maximum Gasteiger partial charge on any atom is 0.325 e. The van der Waals surface area contributed by atoms with E-state index in [-0.39, 0.29) is 22.7 Å². The van der Waals surface area contributed by atoms with Crippen LogP contribution in [0.1, 0.15) is 45.0 Å². The minimum Gasteiger partial charge on any atom is -0.480 e. The molecule has 0 aliphatic heterocycles. The van der Waals surface area contributed by atoms with Crippen LogP contribution in [0.2, 0.25) is 0 Å². The van der Waals surface area contributed by atoms with Crippen molar-refractivity contribution in [3.63, 3.8) is 0 Å². The van der Waals surface area contributed by atoms with Gasteiger partial charge in [-0.1, -0.05) is 27.7 Å². The summed E-state index contributed by atoms with van der Waals surface area (Å²) in [4.78, 5) is 35.1. The maximum atomic E-state index is 12.4. The van der Waals surface area contributed by atoms with E-state index in [2.05, 4.69) is 38.3 Å². The number of carbonyl (C=O) groups is 3. The van der Waals surface area contributed by atoms with E-state index in [1.807, 2.05) is 0 Å². The normalized spacial score (nSPS) is 19.2. The van der Waals surface area contributed by atoms with Crippen LogP contribution >= 0.6 is 0 Å². The van der Waals surface area contributed by atoms with Crippen LogP contribution < -0.4 is 10.6 Å². The van der Waals surface area contributed by atoms with Gasteiger partial charge in [0, 0.05) is 17.2 Å².